The molecule has 0 unspecified atom stereocenters. The van der Waals surface area contributed by atoms with Crippen LogP contribution in [0.4, 0.5) is 0 Å². The van der Waals surface area contributed by atoms with E-state index in [0.29, 0.717) is 0 Å². The normalized spacial score (nSPS) is 16.5. The van der Waals surface area contributed by atoms with Crippen LogP contribution in [0.3, 0.4) is 0 Å². The van der Waals surface area contributed by atoms with Crippen molar-refractivity contribution in [3.63, 3.8) is 0 Å². The van der Waals surface area contributed by atoms with E-state index < -0.39 is 0 Å². The van der Waals surface area contributed by atoms with Gasteiger partial charge in [0.25, 0.3) is 0 Å². The van der Waals surface area contributed by atoms with Crippen molar-refractivity contribution in [2.24, 2.45) is 4.99 Å². The first kappa shape index (κ1) is 22.1. The highest BCUT2D eigenvalue weighted by atomic mass is 127. The molecule has 1 saturated heterocycles. The largest absolute Gasteiger partial charge is 0.381 e. The van der Waals surface area contributed by atoms with Gasteiger partial charge in [-0.3, -0.25) is 4.99 Å². The van der Waals surface area contributed by atoms with Crippen molar-refractivity contribution in [2.75, 3.05) is 26.8 Å². The minimum atomic E-state index is 0. The molecule has 1 aliphatic heterocycles. The topological polar surface area (TPSA) is 58.5 Å². The highest BCUT2D eigenvalue weighted by Gasteiger charge is 2.34. The van der Waals surface area contributed by atoms with Gasteiger partial charge in [0.2, 0.25) is 0 Å². The highest BCUT2D eigenvalue weighted by Crippen LogP contribution is 2.34. The van der Waals surface area contributed by atoms with Crippen LogP contribution in [0.2, 0.25) is 0 Å². The van der Waals surface area contributed by atoms with Crippen LogP contribution in [0.25, 0.3) is 0 Å². The number of guanidine groups is 1. The maximum Gasteiger partial charge on any atom is 0.191 e. The van der Waals surface area contributed by atoms with Gasteiger partial charge in [-0.05, 0) is 32.3 Å². The third-order valence-electron chi connectivity index (χ3n) is 5.07. The minimum absolute atomic E-state index is 0. The molecule has 0 bridgehead atoms. The lowest BCUT2D eigenvalue weighted by Gasteiger charge is -2.38. The average Bonchev–Trinajstić information content (AvgIpc) is 3.00. The second-order valence-electron chi connectivity index (χ2n) is 6.78. The first-order chi connectivity index (χ1) is 12.6. The Morgan fingerprint density at radius 1 is 1.19 bits per heavy atom. The lowest BCUT2D eigenvalue weighted by molar-refractivity contribution is 0.0514. The quantitative estimate of drug-likeness (QED) is 0.373. The molecule has 5 nitrogen and oxygen atoms in total. The molecule has 148 valence electrons. The highest BCUT2D eigenvalue weighted by molar-refractivity contribution is 14.0. The number of aryl methyl sites for hydroxylation is 2. The van der Waals surface area contributed by atoms with Gasteiger partial charge in [0.15, 0.2) is 5.96 Å². The fraction of sp³-hybridized carbons (Fsp3) is 0.500. The Morgan fingerprint density at radius 2 is 1.89 bits per heavy atom. The molecule has 0 saturated carbocycles. The van der Waals surface area contributed by atoms with Gasteiger partial charge in [0.1, 0.15) is 0 Å². The fourth-order valence-electron chi connectivity index (χ4n) is 3.50. The molecule has 0 spiro atoms. The molecule has 3 rings (SSSR count). The number of rotatable bonds is 5. The number of halogens is 1. The summed E-state index contributed by atoms with van der Waals surface area (Å²) >= 11 is 1.74. The van der Waals surface area contributed by atoms with Crippen molar-refractivity contribution in [3.8, 4) is 0 Å². The van der Waals surface area contributed by atoms with Gasteiger partial charge in [-0.15, -0.1) is 35.3 Å². The van der Waals surface area contributed by atoms with Crippen LogP contribution in [0, 0.1) is 13.8 Å². The molecule has 0 radical (unpaired) electrons. The third-order valence-corrected chi connectivity index (χ3v) is 6.14. The molecule has 1 aromatic carbocycles. The molecule has 2 heterocycles. The number of aliphatic imine (C=N–C) groups is 1. The van der Waals surface area contributed by atoms with Crippen molar-refractivity contribution in [1.82, 2.24) is 15.6 Å². The molecular weight excluding hydrogens is 471 g/mol. The predicted molar refractivity (Wildman–Crippen MR) is 123 cm³/mol. The third kappa shape index (κ3) is 5.65. The molecule has 1 aromatic heterocycles. The van der Waals surface area contributed by atoms with E-state index in [1.54, 1.807) is 11.3 Å². The van der Waals surface area contributed by atoms with Crippen molar-refractivity contribution >= 4 is 41.3 Å². The first-order valence-electron chi connectivity index (χ1n) is 9.14. The molecule has 0 aliphatic carbocycles. The molecule has 7 heteroatoms. The number of hydrogen-bond acceptors (Lipinski definition) is 4. The molecule has 1 aliphatic rings. The summed E-state index contributed by atoms with van der Waals surface area (Å²) in [6.07, 6.45) is 2.04. The molecular formula is C20H29IN4OS. The number of aromatic nitrogens is 1. The van der Waals surface area contributed by atoms with Gasteiger partial charge < -0.3 is 15.4 Å². The summed E-state index contributed by atoms with van der Waals surface area (Å²) < 4.78 is 5.62. The summed E-state index contributed by atoms with van der Waals surface area (Å²) in [7, 11) is 1.82. The standard InChI is InChI=1S/C20H28N4OS.HI/c1-15-18(26-16(2)24-15)13-22-19(21-3)23-14-20(9-11-25-12-10-20)17-7-5-4-6-8-17;/h4-8H,9-14H2,1-3H3,(H2,21,22,23);1H. The Bertz CT molecular complexity index is 742. The van der Waals surface area contributed by atoms with E-state index in [1.165, 1.54) is 10.4 Å². The number of hydrogen-bond donors (Lipinski definition) is 2. The van der Waals surface area contributed by atoms with Crippen molar-refractivity contribution in [1.29, 1.82) is 0 Å². The molecule has 2 N–H and O–H groups in total. The number of nitrogens with zero attached hydrogens (tertiary/aromatic N) is 2. The summed E-state index contributed by atoms with van der Waals surface area (Å²) in [6, 6.07) is 10.8. The van der Waals surface area contributed by atoms with E-state index >= 15 is 0 Å². The Hall–Kier alpha value is -1.19. The monoisotopic (exact) mass is 500 g/mol. The van der Waals surface area contributed by atoms with Gasteiger partial charge >= 0.3 is 0 Å². The molecule has 1 fully saturated rings. The first-order valence-corrected chi connectivity index (χ1v) is 9.95. The Balaban J connectivity index is 0.00000261. The van der Waals surface area contributed by atoms with E-state index in [1.807, 2.05) is 14.0 Å². The summed E-state index contributed by atoms with van der Waals surface area (Å²) in [5.74, 6) is 0.831. The zero-order valence-corrected chi connectivity index (χ0v) is 19.4. The van der Waals surface area contributed by atoms with Crippen LogP contribution in [-0.2, 0) is 16.7 Å². The average molecular weight is 500 g/mol. The smallest absolute Gasteiger partial charge is 0.191 e. The van der Waals surface area contributed by atoms with Gasteiger partial charge in [-0.1, -0.05) is 30.3 Å². The molecule has 27 heavy (non-hydrogen) atoms. The number of benzene rings is 1. The van der Waals surface area contributed by atoms with E-state index in [9.17, 15) is 0 Å². The van der Waals surface area contributed by atoms with Crippen molar-refractivity contribution in [2.45, 2.75) is 38.6 Å². The van der Waals surface area contributed by atoms with Gasteiger partial charge in [0, 0.05) is 37.1 Å². The van der Waals surface area contributed by atoms with Gasteiger partial charge in [-0.2, -0.15) is 0 Å². The van der Waals surface area contributed by atoms with Crippen LogP contribution in [0.1, 0.15) is 34.0 Å². The zero-order valence-electron chi connectivity index (χ0n) is 16.2. The fourth-order valence-corrected chi connectivity index (χ4v) is 4.37. The summed E-state index contributed by atoms with van der Waals surface area (Å²) in [5, 5.41) is 8.07. The molecule has 0 amide bonds. The SMILES string of the molecule is CN=C(NCc1sc(C)nc1C)NCC1(c2ccccc2)CCOCC1.I. The summed E-state index contributed by atoms with van der Waals surface area (Å²) in [4.78, 5) is 10.1. The number of thiazole rings is 1. The maximum atomic E-state index is 5.62. The zero-order chi connectivity index (χ0) is 18.4. The molecule has 0 atom stereocenters. The second-order valence-corrected chi connectivity index (χ2v) is 8.07. The van der Waals surface area contributed by atoms with E-state index in [-0.39, 0.29) is 29.4 Å². The molecule has 2 aromatic rings. The lowest BCUT2D eigenvalue weighted by atomic mass is 9.74. The van der Waals surface area contributed by atoms with E-state index in [2.05, 4.69) is 57.9 Å². The summed E-state index contributed by atoms with van der Waals surface area (Å²) in [5.41, 5.74) is 2.56. The van der Waals surface area contributed by atoms with Gasteiger partial charge in [-0.25, -0.2) is 4.98 Å². The van der Waals surface area contributed by atoms with E-state index in [0.717, 1.165) is 55.8 Å². The maximum absolute atomic E-state index is 5.62. The van der Waals surface area contributed by atoms with E-state index in [4.69, 9.17) is 4.74 Å². The van der Waals surface area contributed by atoms with Crippen LogP contribution < -0.4 is 10.6 Å². The second kappa shape index (κ2) is 10.4. The minimum Gasteiger partial charge on any atom is -0.381 e. The van der Waals surface area contributed by atoms with Crippen molar-refractivity contribution < 1.29 is 4.74 Å². The summed E-state index contributed by atoms with van der Waals surface area (Å²) in [6.45, 7) is 7.31. The Labute approximate surface area is 183 Å². The van der Waals surface area contributed by atoms with Gasteiger partial charge in [0.05, 0.1) is 17.2 Å². The lowest BCUT2D eigenvalue weighted by Crippen LogP contribution is -2.47. The number of ether oxygens (including phenoxy) is 1. The predicted octanol–water partition coefficient (Wildman–Crippen LogP) is 3.79. The van der Waals surface area contributed by atoms with Crippen LogP contribution in [0.5, 0.6) is 0 Å². The Kier molecular flexibility index (Phi) is 8.50. The van der Waals surface area contributed by atoms with Crippen LogP contribution in [0.15, 0.2) is 35.3 Å². The van der Waals surface area contributed by atoms with Crippen LogP contribution in [-0.4, -0.2) is 37.7 Å². The number of nitrogens with one attached hydrogen (secondary N) is 2. The Morgan fingerprint density at radius 3 is 2.48 bits per heavy atom. The van der Waals surface area contributed by atoms with Crippen LogP contribution >= 0.6 is 35.3 Å². The van der Waals surface area contributed by atoms with Crippen molar-refractivity contribution in [3.05, 3.63) is 51.5 Å².